The fraction of sp³-hybridized carbons (Fsp3) is 0.188. The van der Waals surface area contributed by atoms with Crippen LogP contribution in [0.2, 0.25) is 5.02 Å². The molecule has 1 atom stereocenters. The third-order valence-electron chi connectivity index (χ3n) is 3.17. The zero-order valence-corrected chi connectivity index (χ0v) is 12.9. The van der Waals surface area contributed by atoms with Gasteiger partial charge < -0.3 is 10.8 Å². The van der Waals surface area contributed by atoms with E-state index in [0.29, 0.717) is 11.4 Å². The molecular weight excluding hydrogens is 309 g/mol. The third kappa shape index (κ3) is 5.05. The minimum Gasteiger partial charge on any atom is -0.481 e. The lowest BCUT2D eigenvalue weighted by atomic mass is 9.99. The molecule has 1 unspecified atom stereocenters. The maximum atomic E-state index is 10.5. The molecule has 2 rings (SSSR count). The van der Waals surface area contributed by atoms with Gasteiger partial charge in [-0.2, -0.15) is 0 Å². The summed E-state index contributed by atoms with van der Waals surface area (Å²) in [5.74, 6) is -0.823. The molecule has 0 heterocycles. The first kappa shape index (κ1) is 17.5. The summed E-state index contributed by atoms with van der Waals surface area (Å²) in [6.45, 7) is 0. The van der Waals surface area contributed by atoms with Gasteiger partial charge in [0, 0.05) is 17.5 Å². The van der Waals surface area contributed by atoms with Crippen LogP contribution in [-0.4, -0.2) is 11.1 Å². The van der Waals surface area contributed by atoms with E-state index in [-0.39, 0.29) is 24.9 Å². The molecule has 0 aliphatic carbocycles. The highest BCUT2D eigenvalue weighted by molar-refractivity contribution is 6.30. The Kier molecular flexibility index (Phi) is 6.69. The van der Waals surface area contributed by atoms with Crippen molar-refractivity contribution in [1.29, 1.82) is 0 Å². The minimum absolute atomic E-state index is 0. The lowest BCUT2D eigenvalue weighted by molar-refractivity contribution is -0.137. The van der Waals surface area contributed by atoms with Crippen molar-refractivity contribution < 1.29 is 9.90 Å². The largest absolute Gasteiger partial charge is 0.481 e. The molecule has 2 aromatic carbocycles. The summed E-state index contributed by atoms with van der Waals surface area (Å²) in [5.41, 5.74) is 9.02. The maximum absolute atomic E-state index is 10.5. The van der Waals surface area contributed by atoms with E-state index in [1.54, 1.807) is 0 Å². The number of rotatable bonds is 5. The van der Waals surface area contributed by atoms with Gasteiger partial charge in [-0.05, 0) is 35.2 Å². The van der Waals surface area contributed by atoms with E-state index in [9.17, 15) is 4.79 Å². The number of carboxylic acids is 1. The quantitative estimate of drug-likeness (QED) is 0.861. The third-order valence-corrected chi connectivity index (χ3v) is 3.40. The average molecular weight is 326 g/mol. The van der Waals surface area contributed by atoms with Gasteiger partial charge in [0.1, 0.15) is 0 Å². The number of hydrogen-bond acceptors (Lipinski definition) is 2. The molecule has 0 saturated heterocycles. The van der Waals surface area contributed by atoms with Gasteiger partial charge in [-0.3, -0.25) is 4.79 Å². The number of benzene rings is 2. The van der Waals surface area contributed by atoms with Crippen molar-refractivity contribution in [2.75, 3.05) is 0 Å². The number of carboxylic acid groups (broad SMARTS) is 1. The van der Waals surface area contributed by atoms with Gasteiger partial charge >= 0.3 is 5.97 Å². The summed E-state index contributed by atoms with van der Waals surface area (Å²) in [4.78, 5) is 10.5. The van der Waals surface area contributed by atoms with E-state index in [0.717, 1.165) is 16.7 Å². The Morgan fingerprint density at radius 2 is 1.81 bits per heavy atom. The molecule has 5 heteroatoms. The van der Waals surface area contributed by atoms with Crippen LogP contribution in [0.25, 0.3) is 11.1 Å². The molecule has 3 N–H and O–H groups in total. The average Bonchev–Trinajstić information content (AvgIpc) is 2.45. The van der Waals surface area contributed by atoms with Crippen molar-refractivity contribution in [3.63, 3.8) is 0 Å². The highest BCUT2D eigenvalue weighted by atomic mass is 35.5. The highest BCUT2D eigenvalue weighted by Gasteiger charge is 2.08. The van der Waals surface area contributed by atoms with E-state index >= 15 is 0 Å². The molecule has 0 aliphatic heterocycles. The Labute approximate surface area is 135 Å². The van der Waals surface area contributed by atoms with Crippen LogP contribution in [-0.2, 0) is 4.79 Å². The summed E-state index contributed by atoms with van der Waals surface area (Å²) >= 11 is 5.97. The Morgan fingerprint density at radius 3 is 2.38 bits per heavy atom. The van der Waals surface area contributed by atoms with Gasteiger partial charge in [-0.1, -0.05) is 48.0 Å². The van der Waals surface area contributed by atoms with E-state index in [1.165, 1.54) is 0 Å². The lowest BCUT2D eigenvalue weighted by Gasteiger charge is -2.11. The summed E-state index contributed by atoms with van der Waals surface area (Å²) in [5, 5.41) is 9.36. The van der Waals surface area contributed by atoms with Crippen LogP contribution in [0.3, 0.4) is 0 Å². The first-order chi connectivity index (χ1) is 9.56. The van der Waals surface area contributed by atoms with Gasteiger partial charge in [-0.25, -0.2) is 0 Å². The number of carbonyl (C=O) groups is 1. The van der Waals surface area contributed by atoms with Crippen molar-refractivity contribution in [1.82, 2.24) is 0 Å². The van der Waals surface area contributed by atoms with E-state index in [4.69, 9.17) is 22.4 Å². The van der Waals surface area contributed by atoms with Gasteiger partial charge in [0.15, 0.2) is 0 Å². The smallest absolute Gasteiger partial charge is 0.303 e. The Balaban J connectivity index is 0.00000220. The molecule has 0 fully saturated rings. The summed E-state index contributed by atoms with van der Waals surface area (Å²) in [6, 6.07) is 15.2. The summed E-state index contributed by atoms with van der Waals surface area (Å²) in [6.07, 6.45) is 0.517. The second-order valence-corrected chi connectivity index (χ2v) is 5.11. The molecule has 112 valence electrons. The molecule has 0 aliphatic rings. The van der Waals surface area contributed by atoms with Crippen molar-refractivity contribution in [2.45, 2.75) is 18.9 Å². The second kappa shape index (κ2) is 8.03. The first-order valence-corrected chi connectivity index (χ1v) is 6.77. The zero-order chi connectivity index (χ0) is 14.5. The van der Waals surface area contributed by atoms with Crippen LogP contribution in [0.4, 0.5) is 0 Å². The molecule has 0 aromatic heterocycles. The predicted molar refractivity (Wildman–Crippen MR) is 87.9 cm³/mol. The second-order valence-electron chi connectivity index (χ2n) is 4.67. The zero-order valence-electron chi connectivity index (χ0n) is 11.3. The van der Waals surface area contributed by atoms with Crippen molar-refractivity contribution >= 4 is 30.0 Å². The lowest BCUT2D eigenvalue weighted by Crippen LogP contribution is -2.12. The molecule has 0 bridgehead atoms. The van der Waals surface area contributed by atoms with Gasteiger partial charge in [0.2, 0.25) is 0 Å². The van der Waals surface area contributed by atoms with Crippen molar-refractivity contribution in [3.8, 4) is 11.1 Å². The van der Waals surface area contributed by atoms with Gasteiger partial charge in [-0.15, -0.1) is 12.4 Å². The predicted octanol–water partition coefficient (Wildman–Crippen LogP) is 4.29. The van der Waals surface area contributed by atoms with Crippen LogP contribution in [0.5, 0.6) is 0 Å². The summed E-state index contributed by atoms with van der Waals surface area (Å²) < 4.78 is 0. The molecule has 0 spiro atoms. The molecule has 2 aromatic rings. The number of nitrogens with two attached hydrogens (primary N) is 1. The topological polar surface area (TPSA) is 63.3 Å². The number of aliphatic carboxylic acids is 1. The number of halogens is 2. The molecular formula is C16H17Cl2NO2. The normalized spacial score (nSPS) is 11.5. The van der Waals surface area contributed by atoms with Crippen molar-refractivity contribution in [2.24, 2.45) is 5.73 Å². The molecule has 21 heavy (non-hydrogen) atoms. The van der Waals surface area contributed by atoms with Crippen molar-refractivity contribution in [3.05, 3.63) is 59.1 Å². The Bertz CT molecular complexity index is 599. The fourth-order valence-corrected chi connectivity index (χ4v) is 2.23. The van der Waals surface area contributed by atoms with Gasteiger partial charge in [0.05, 0.1) is 0 Å². The minimum atomic E-state index is -0.823. The van der Waals surface area contributed by atoms with E-state index in [2.05, 4.69) is 0 Å². The molecule has 0 amide bonds. The van der Waals surface area contributed by atoms with E-state index < -0.39 is 5.97 Å². The Hall–Kier alpha value is -1.55. The maximum Gasteiger partial charge on any atom is 0.303 e. The molecule has 3 nitrogen and oxygen atoms in total. The SMILES string of the molecule is Cl.NC(CCC(=O)O)c1ccc(-c2cccc(Cl)c2)cc1. The van der Waals surface area contributed by atoms with Crippen LogP contribution in [0, 0.1) is 0 Å². The molecule has 0 saturated carbocycles. The van der Waals surface area contributed by atoms with E-state index in [1.807, 2.05) is 48.5 Å². The van der Waals surface area contributed by atoms with Crippen LogP contribution < -0.4 is 5.73 Å². The molecule has 0 radical (unpaired) electrons. The highest BCUT2D eigenvalue weighted by Crippen LogP contribution is 2.25. The van der Waals surface area contributed by atoms with Crippen LogP contribution >= 0.6 is 24.0 Å². The Morgan fingerprint density at radius 1 is 1.14 bits per heavy atom. The monoisotopic (exact) mass is 325 g/mol. The standard InChI is InChI=1S/C16H16ClNO2.ClH/c17-14-3-1-2-13(10-14)11-4-6-12(7-5-11)15(18)8-9-16(19)20;/h1-7,10,15H,8-9,18H2,(H,19,20);1H. The summed E-state index contributed by atoms with van der Waals surface area (Å²) in [7, 11) is 0. The fourth-order valence-electron chi connectivity index (χ4n) is 2.04. The van der Waals surface area contributed by atoms with Crippen LogP contribution in [0.1, 0.15) is 24.4 Å². The van der Waals surface area contributed by atoms with Gasteiger partial charge in [0.25, 0.3) is 0 Å². The number of hydrogen-bond donors (Lipinski definition) is 2. The first-order valence-electron chi connectivity index (χ1n) is 6.39. The van der Waals surface area contributed by atoms with Crippen LogP contribution in [0.15, 0.2) is 48.5 Å².